The standard InChI is InChI=1S/C15H23N5S/c1-4-15(2)5-6-20(11-15)13(16-3)17-9-12-10-19-7-8-21-14(19)18-12/h7-8,10H,4-6,9,11H2,1-3H3,(H,16,17). The lowest BCUT2D eigenvalue weighted by atomic mass is 9.87. The molecule has 1 saturated heterocycles. The van der Waals surface area contributed by atoms with Crippen LogP contribution in [-0.4, -0.2) is 40.4 Å². The highest BCUT2D eigenvalue weighted by Crippen LogP contribution is 2.32. The molecule has 1 N–H and O–H groups in total. The van der Waals surface area contributed by atoms with Gasteiger partial charge in [0.1, 0.15) is 0 Å². The van der Waals surface area contributed by atoms with Crippen LogP contribution in [0.2, 0.25) is 0 Å². The summed E-state index contributed by atoms with van der Waals surface area (Å²) in [6, 6.07) is 0. The maximum Gasteiger partial charge on any atom is 0.193 e. The largest absolute Gasteiger partial charge is 0.351 e. The van der Waals surface area contributed by atoms with E-state index in [-0.39, 0.29) is 0 Å². The first-order valence-corrected chi connectivity index (χ1v) is 8.38. The number of hydrogen-bond acceptors (Lipinski definition) is 3. The minimum absolute atomic E-state index is 0.425. The monoisotopic (exact) mass is 305 g/mol. The zero-order valence-corrected chi connectivity index (χ0v) is 13.8. The molecule has 1 aliphatic rings. The average Bonchev–Trinajstić information content (AvgIpc) is 3.15. The summed E-state index contributed by atoms with van der Waals surface area (Å²) in [7, 11) is 1.86. The Morgan fingerprint density at radius 1 is 1.57 bits per heavy atom. The Bertz CT molecular complexity index is 615. The van der Waals surface area contributed by atoms with E-state index in [2.05, 4.69) is 44.6 Å². The molecule has 3 rings (SSSR count). The summed E-state index contributed by atoms with van der Waals surface area (Å²) in [6.45, 7) is 7.53. The second kappa shape index (κ2) is 5.67. The molecule has 1 aliphatic heterocycles. The maximum atomic E-state index is 4.60. The number of guanidine groups is 1. The van der Waals surface area contributed by atoms with Crippen molar-refractivity contribution < 1.29 is 0 Å². The minimum atomic E-state index is 0.425. The average molecular weight is 305 g/mol. The normalized spacial score (nSPS) is 23.2. The van der Waals surface area contributed by atoms with Gasteiger partial charge in [0.25, 0.3) is 0 Å². The van der Waals surface area contributed by atoms with Crippen molar-refractivity contribution in [1.29, 1.82) is 0 Å². The molecule has 3 heterocycles. The van der Waals surface area contributed by atoms with Gasteiger partial charge >= 0.3 is 0 Å². The summed E-state index contributed by atoms with van der Waals surface area (Å²) < 4.78 is 2.06. The molecule has 0 aromatic carbocycles. The van der Waals surface area contributed by atoms with E-state index in [9.17, 15) is 0 Å². The van der Waals surface area contributed by atoms with Gasteiger partial charge in [-0.3, -0.25) is 9.39 Å². The second-order valence-electron chi connectivity index (χ2n) is 6.06. The van der Waals surface area contributed by atoms with Crippen molar-refractivity contribution in [2.24, 2.45) is 10.4 Å². The third-order valence-corrected chi connectivity index (χ3v) is 5.26. The third kappa shape index (κ3) is 2.90. The van der Waals surface area contributed by atoms with Crippen LogP contribution in [0, 0.1) is 5.41 Å². The second-order valence-corrected chi connectivity index (χ2v) is 6.93. The van der Waals surface area contributed by atoms with Crippen molar-refractivity contribution in [3.8, 4) is 0 Å². The number of rotatable bonds is 3. The zero-order valence-electron chi connectivity index (χ0n) is 13.0. The summed E-state index contributed by atoms with van der Waals surface area (Å²) in [5, 5.41) is 5.49. The van der Waals surface area contributed by atoms with E-state index in [1.54, 1.807) is 11.3 Å². The van der Waals surface area contributed by atoms with Crippen LogP contribution < -0.4 is 5.32 Å². The Morgan fingerprint density at radius 3 is 3.10 bits per heavy atom. The van der Waals surface area contributed by atoms with Crippen molar-refractivity contribution in [3.63, 3.8) is 0 Å². The van der Waals surface area contributed by atoms with E-state index in [1.165, 1.54) is 12.8 Å². The van der Waals surface area contributed by atoms with E-state index in [0.717, 1.165) is 36.2 Å². The van der Waals surface area contributed by atoms with Crippen LogP contribution in [-0.2, 0) is 6.54 Å². The molecular weight excluding hydrogens is 282 g/mol. The van der Waals surface area contributed by atoms with Crippen LogP contribution in [0.3, 0.4) is 0 Å². The van der Waals surface area contributed by atoms with E-state index in [0.29, 0.717) is 5.41 Å². The third-order valence-electron chi connectivity index (χ3n) is 4.49. The molecule has 0 saturated carbocycles. The van der Waals surface area contributed by atoms with Crippen LogP contribution in [0.5, 0.6) is 0 Å². The number of aliphatic imine (C=N–C) groups is 1. The quantitative estimate of drug-likeness (QED) is 0.700. The van der Waals surface area contributed by atoms with Crippen molar-refractivity contribution >= 4 is 22.3 Å². The van der Waals surface area contributed by atoms with Crippen LogP contribution in [0.4, 0.5) is 0 Å². The number of fused-ring (bicyclic) bond motifs is 1. The number of nitrogens with one attached hydrogen (secondary N) is 1. The first kappa shape index (κ1) is 14.4. The molecule has 2 aromatic rings. The van der Waals surface area contributed by atoms with Crippen LogP contribution in [0.1, 0.15) is 32.4 Å². The molecule has 1 atom stereocenters. The fraction of sp³-hybridized carbons (Fsp3) is 0.600. The van der Waals surface area contributed by atoms with E-state index >= 15 is 0 Å². The predicted octanol–water partition coefficient (Wildman–Crippen LogP) is 2.59. The first-order valence-electron chi connectivity index (χ1n) is 7.50. The van der Waals surface area contributed by atoms with Gasteiger partial charge in [-0.1, -0.05) is 13.8 Å². The zero-order chi connectivity index (χ0) is 14.9. The van der Waals surface area contributed by atoms with Crippen LogP contribution >= 0.6 is 11.3 Å². The molecule has 2 aromatic heterocycles. The lowest BCUT2D eigenvalue weighted by Crippen LogP contribution is -2.40. The van der Waals surface area contributed by atoms with Gasteiger partial charge < -0.3 is 10.2 Å². The Labute approximate surface area is 129 Å². The fourth-order valence-electron chi connectivity index (χ4n) is 2.86. The summed E-state index contributed by atoms with van der Waals surface area (Å²) in [6.07, 6.45) is 6.58. The molecule has 0 aliphatic carbocycles. The molecular formula is C15H23N5S. The highest BCUT2D eigenvalue weighted by molar-refractivity contribution is 7.15. The summed E-state index contributed by atoms with van der Waals surface area (Å²) in [4.78, 5) is 12.4. The molecule has 1 fully saturated rings. The van der Waals surface area contributed by atoms with Gasteiger partial charge in [-0.25, -0.2) is 4.98 Å². The number of hydrogen-bond donors (Lipinski definition) is 1. The van der Waals surface area contributed by atoms with E-state index in [1.807, 2.05) is 18.6 Å². The maximum absolute atomic E-state index is 4.60. The number of thiazole rings is 1. The first-order chi connectivity index (χ1) is 10.1. The van der Waals surface area contributed by atoms with Gasteiger partial charge in [0.2, 0.25) is 0 Å². The van der Waals surface area contributed by atoms with Crippen molar-refractivity contribution in [3.05, 3.63) is 23.5 Å². The molecule has 0 radical (unpaired) electrons. The minimum Gasteiger partial charge on any atom is -0.351 e. The number of likely N-dealkylation sites (tertiary alicyclic amines) is 1. The van der Waals surface area contributed by atoms with Crippen molar-refractivity contribution in [1.82, 2.24) is 19.6 Å². The molecule has 5 nitrogen and oxygen atoms in total. The van der Waals surface area contributed by atoms with Gasteiger partial charge in [-0.2, -0.15) is 0 Å². The Morgan fingerprint density at radius 2 is 2.43 bits per heavy atom. The lowest BCUT2D eigenvalue weighted by Gasteiger charge is -2.25. The lowest BCUT2D eigenvalue weighted by molar-refractivity contribution is 0.322. The van der Waals surface area contributed by atoms with Crippen LogP contribution in [0.15, 0.2) is 22.8 Å². The highest BCUT2D eigenvalue weighted by Gasteiger charge is 2.33. The molecule has 0 amide bonds. The molecule has 6 heteroatoms. The van der Waals surface area contributed by atoms with E-state index < -0.39 is 0 Å². The smallest absolute Gasteiger partial charge is 0.193 e. The Kier molecular flexibility index (Phi) is 3.89. The summed E-state index contributed by atoms with van der Waals surface area (Å²) in [5.41, 5.74) is 1.48. The molecule has 1 unspecified atom stereocenters. The predicted molar refractivity (Wildman–Crippen MR) is 87.9 cm³/mol. The molecule has 0 spiro atoms. The van der Waals surface area contributed by atoms with Gasteiger partial charge in [-0.05, 0) is 18.3 Å². The number of imidazole rings is 1. The highest BCUT2D eigenvalue weighted by atomic mass is 32.1. The Hall–Kier alpha value is -1.56. The summed E-state index contributed by atoms with van der Waals surface area (Å²) in [5.74, 6) is 0.989. The van der Waals surface area contributed by atoms with Gasteiger partial charge in [0.15, 0.2) is 10.9 Å². The van der Waals surface area contributed by atoms with Gasteiger partial charge in [0, 0.05) is 37.9 Å². The van der Waals surface area contributed by atoms with E-state index in [4.69, 9.17) is 0 Å². The molecule has 114 valence electrons. The van der Waals surface area contributed by atoms with Crippen molar-refractivity contribution in [2.75, 3.05) is 20.1 Å². The Balaban J connectivity index is 1.62. The topological polar surface area (TPSA) is 44.9 Å². The van der Waals surface area contributed by atoms with Gasteiger partial charge in [0.05, 0.1) is 12.2 Å². The fourth-order valence-corrected chi connectivity index (χ4v) is 3.58. The number of aromatic nitrogens is 2. The van der Waals surface area contributed by atoms with Crippen molar-refractivity contribution in [2.45, 2.75) is 33.2 Å². The molecule has 21 heavy (non-hydrogen) atoms. The van der Waals surface area contributed by atoms with Gasteiger partial charge in [-0.15, -0.1) is 11.3 Å². The SMILES string of the molecule is CCC1(C)CCN(C(=NC)NCc2cn3ccsc3n2)C1. The summed E-state index contributed by atoms with van der Waals surface area (Å²) >= 11 is 1.66. The number of nitrogens with zero attached hydrogens (tertiary/aromatic N) is 4. The molecule has 0 bridgehead atoms. The van der Waals surface area contributed by atoms with Crippen LogP contribution in [0.25, 0.3) is 4.96 Å².